The summed E-state index contributed by atoms with van der Waals surface area (Å²) in [5, 5.41) is 3.80. The number of nitrogens with zero attached hydrogens (tertiary/aromatic N) is 2. The van der Waals surface area contributed by atoms with Crippen LogP contribution in [0.2, 0.25) is 0 Å². The highest BCUT2D eigenvalue weighted by Gasteiger charge is 2.37. The Morgan fingerprint density at radius 1 is 1.06 bits per heavy atom. The first-order chi connectivity index (χ1) is 16.5. The van der Waals surface area contributed by atoms with Crippen LogP contribution in [0, 0.1) is 29.1 Å². The number of rotatable bonds is 7. The second kappa shape index (κ2) is 10.4. The first-order valence-corrected chi connectivity index (χ1v) is 10.6. The molecule has 0 spiro atoms. The number of hydrogen-bond donors (Lipinski definition) is 0. The molecule has 13 heteroatoms. The number of methoxy groups -OCH3 is 1. The lowest BCUT2D eigenvalue weighted by molar-refractivity contribution is -0.142. The van der Waals surface area contributed by atoms with Crippen LogP contribution in [0.15, 0.2) is 27.3 Å². The Labute approximate surface area is 203 Å². The minimum absolute atomic E-state index is 0.0426. The minimum atomic E-state index is -2.35. The smallest absolute Gasteiger partial charge is 0.343 e. The molecule has 7 nitrogen and oxygen atoms in total. The zero-order valence-corrected chi connectivity index (χ0v) is 19.9. The number of halogens is 6. The number of carbonyl (C=O) groups is 2. The standard InChI is InChI=1S/C22H16BrF5N2O5/c1-4-34-13-7-10(6-12(23)21(13)35-8-14(31)33-3)5-11-9(2)29-30(22(11)32)20-18(27)16(25)15(24)17(26)19(20)28/h5-7H,4,8H2,1-3H3/b11-5+. The zero-order valence-electron chi connectivity index (χ0n) is 18.3. The summed E-state index contributed by atoms with van der Waals surface area (Å²) in [5.41, 5.74) is -1.37. The van der Waals surface area contributed by atoms with Crippen molar-refractivity contribution in [2.75, 3.05) is 25.3 Å². The maximum atomic E-state index is 14.2. The average Bonchev–Trinajstić information content (AvgIpc) is 3.09. The number of anilines is 1. The van der Waals surface area contributed by atoms with Gasteiger partial charge in [-0.3, -0.25) is 4.79 Å². The van der Waals surface area contributed by atoms with Crippen LogP contribution in [0.3, 0.4) is 0 Å². The van der Waals surface area contributed by atoms with E-state index >= 15 is 0 Å². The van der Waals surface area contributed by atoms with Gasteiger partial charge in [0, 0.05) is 0 Å². The van der Waals surface area contributed by atoms with E-state index in [0.717, 1.165) is 0 Å². The maximum absolute atomic E-state index is 14.2. The molecule has 3 rings (SSSR count). The van der Waals surface area contributed by atoms with Crippen molar-refractivity contribution in [3.05, 3.63) is 56.8 Å². The molecule has 0 fully saturated rings. The van der Waals surface area contributed by atoms with Gasteiger partial charge in [0.1, 0.15) is 5.69 Å². The summed E-state index contributed by atoms with van der Waals surface area (Å²) in [6, 6.07) is 2.94. The Kier molecular flexibility index (Phi) is 7.78. The summed E-state index contributed by atoms with van der Waals surface area (Å²) in [4.78, 5) is 24.3. The highest BCUT2D eigenvalue weighted by molar-refractivity contribution is 9.10. The molecule has 35 heavy (non-hydrogen) atoms. The van der Waals surface area contributed by atoms with Gasteiger partial charge < -0.3 is 14.2 Å². The molecule has 1 aliphatic heterocycles. The number of esters is 1. The third-order valence-electron chi connectivity index (χ3n) is 4.67. The fraction of sp³-hybridized carbons (Fsp3) is 0.227. The first kappa shape index (κ1) is 26.1. The number of ether oxygens (including phenoxy) is 3. The number of amides is 1. The molecule has 1 amide bonds. The first-order valence-electron chi connectivity index (χ1n) is 9.80. The number of benzene rings is 2. The van der Waals surface area contributed by atoms with E-state index in [1.54, 1.807) is 6.92 Å². The van der Waals surface area contributed by atoms with E-state index in [9.17, 15) is 31.5 Å². The summed E-state index contributed by atoms with van der Waals surface area (Å²) in [7, 11) is 1.19. The predicted molar refractivity (Wildman–Crippen MR) is 118 cm³/mol. The molecule has 0 aromatic heterocycles. The van der Waals surface area contributed by atoms with Gasteiger partial charge in [0.2, 0.25) is 5.82 Å². The molecule has 1 heterocycles. The van der Waals surface area contributed by atoms with Crippen LogP contribution in [0.5, 0.6) is 11.5 Å². The van der Waals surface area contributed by atoms with Crippen LogP contribution in [-0.2, 0) is 14.3 Å². The summed E-state index contributed by atoms with van der Waals surface area (Å²) >= 11 is 3.28. The molecule has 0 bridgehead atoms. The monoisotopic (exact) mass is 562 g/mol. The van der Waals surface area contributed by atoms with Gasteiger partial charge in [0.05, 0.1) is 29.5 Å². The van der Waals surface area contributed by atoms with E-state index in [4.69, 9.17) is 9.47 Å². The number of hydrogen-bond acceptors (Lipinski definition) is 6. The Balaban J connectivity index is 2.02. The van der Waals surface area contributed by atoms with Crippen molar-refractivity contribution >= 4 is 45.3 Å². The lowest BCUT2D eigenvalue weighted by Gasteiger charge is -2.15. The summed E-state index contributed by atoms with van der Waals surface area (Å²) < 4.78 is 84.9. The predicted octanol–water partition coefficient (Wildman–Crippen LogP) is 4.90. The van der Waals surface area contributed by atoms with Gasteiger partial charge in [-0.05, 0) is 53.5 Å². The fourth-order valence-corrected chi connectivity index (χ4v) is 3.62. The van der Waals surface area contributed by atoms with Gasteiger partial charge in [-0.1, -0.05) is 0 Å². The third kappa shape index (κ3) is 4.99. The fourth-order valence-electron chi connectivity index (χ4n) is 3.05. The molecule has 0 aliphatic carbocycles. The number of hydrazone groups is 1. The van der Waals surface area contributed by atoms with Crippen molar-refractivity contribution < 1.29 is 45.8 Å². The van der Waals surface area contributed by atoms with Crippen molar-refractivity contribution in [2.24, 2.45) is 5.10 Å². The van der Waals surface area contributed by atoms with Crippen LogP contribution in [-0.4, -0.2) is 37.9 Å². The maximum Gasteiger partial charge on any atom is 0.343 e. The molecule has 0 N–H and O–H groups in total. The molecule has 0 radical (unpaired) electrons. The van der Waals surface area contributed by atoms with Gasteiger partial charge >= 0.3 is 5.97 Å². The summed E-state index contributed by atoms with van der Waals surface area (Å²) in [6.45, 7) is 2.83. The molecule has 2 aromatic carbocycles. The van der Waals surface area contributed by atoms with E-state index in [-0.39, 0.29) is 34.4 Å². The largest absolute Gasteiger partial charge is 0.490 e. The van der Waals surface area contributed by atoms with Gasteiger partial charge in [0.25, 0.3) is 5.91 Å². The molecule has 0 saturated carbocycles. The molecular formula is C22H16BrF5N2O5. The third-order valence-corrected chi connectivity index (χ3v) is 5.25. The molecule has 0 atom stereocenters. The average molecular weight is 563 g/mol. The molecular weight excluding hydrogens is 547 g/mol. The van der Waals surface area contributed by atoms with Crippen LogP contribution >= 0.6 is 15.9 Å². The molecule has 1 aliphatic rings. The second-order valence-electron chi connectivity index (χ2n) is 6.91. The van der Waals surface area contributed by atoms with Crippen molar-refractivity contribution in [2.45, 2.75) is 13.8 Å². The lowest BCUT2D eigenvalue weighted by atomic mass is 10.1. The zero-order chi connectivity index (χ0) is 26.0. The Morgan fingerprint density at radius 3 is 2.23 bits per heavy atom. The van der Waals surface area contributed by atoms with E-state index in [0.29, 0.717) is 10.0 Å². The summed E-state index contributed by atoms with van der Waals surface area (Å²) in [6.07, 6.45) is 1.28. The summed E-state index contributed by atoms with van der Waals surface area (Å²) in [5.74, 6) is -12.5. The van der Waals surface area contributed by atoms with E-state index in [2.05, 4.69) is 25.8 Å². The molecule has 186 valence electrons. The lowest BCUT2D eigenvalue weighted by Crippen LogP contribution is -2.25. The van der Waals surface area contributed by atoms with Crippen molar-refractivity contribution in [3.63, 3.8) is 0 Å². The topological polar surface area (TPSA) is 77.4 Å². The highest BCUT2D eigenvalue weighted by atomic mass is 79.9. The number of carbonyl (C=O) groups excluding carboxylic acids is 2. The quantitative estimate of drug-likeness (QED) is 0.158. The van der Waals surface area contributed by atoms with Gasteiger partial charge in [-0.2, -0.15) is 10.1 Å². The second-order valence-corrected chi connectivity index (χ2v) is 7.76. The Morgan fingerprint density at radius 2 is 1.66 bits per heavy atom. The normalized spacial score (nSPS) is 14.4. The minimum Gasteiger partial charge on any atom is -0.490 e. The molecule has 0 saturated heterocycles. The van der Waals surface area contributed by atoms with Crippen LogP contribution in [0.4, 0.5) is 27.6 Å². The van der Waals surface area contributed by atoms with Gasteiger partial charge in [0.15, 0.2) is 41.4 Å². The van der Waals surface area contributed by atoms with E-state index in [1.807, 2.05) is 0 Å². The highest BCUT2D eigenvalue weighted by Crippen LogP contribution is 2.39. The van der Waals surface area contributed by atoms with E-state index in [1.165, 1.54) is 32.2 Å². The van der Waals surface area contributed by atoms with Gasteiger partial charge in [-0.15, -0.1) is 0 Å². The van der Waals surface area contributed by atoms with Crippen LogP contribution in [0.25, 0.3) is 6.08 Å². The van der Waals surface area contributed by atoms with Crippen molar-refractivity contribution in [1.82, 2.24) is 0 Å². The SMILES string of the molecule is CCOc1cc(/C=C2/C(=O)N(c3c(F)c(F)c(F)c(F)c3F)N=C2C)cc(Br)c1OCC(=O)OC. The Bertz CT molecular complexity index is 1250. The van der Waals surface area contributed by atoms with Crippen molar-refractivity contribution in [3.8, 4) is 11.5 Å². The van der Waals surface area contributed by atoms with Crippen LogP contribution < -0.4 is 14.5 Å². The van der Waals surface area contributed by atoms with Crippen molar-refractivity contribution in [1.29, 1.82) is 0 Å². The Hall–Kier alpha value is -3.48. The molecule has 0 unspecified atom stereocenters. The molecule has 2 aromatic rings. The van der Waals surface area contributed by atoms with Gasteiger partial charge in [-0.25, -0.2) is 26.7 Å². The van der Waals surface area contributed by atoms with E-state index < -0.39 is 53.3 Å². The van der Waals surface area contributed by atoms with Crippen LogP contribution in [0.1, 0.15) is 19.4 Å².